The minimum absolute atomic E-state index is 0.586. The van der Waals surface area contributed by atoms with Gasteiger partial charge in [-0.25, -0.2) is 5.48 Å². The van der Waals surface area contributed by atoms with Gasteiger partial charge in [-0.15, -0.1) is 0 Å². The van der Waals surface area contributed by atoms with E-state index in [4.69, 9.17) is 0 Å². The first-order chi connectivity index (χ1) is 8.43. The second-order valence-corrected chi connectivity index (χ2v) is 4.58. The van der Waals surface area contributed by atoms with Gasteiger partial charge in [-0.2, -0.15) is 31.4 Å². The number of nitrogens with zero attached hydrogens (tertiary/aromatic N) is 2. The average molecular weight is 356 g/mol. The minimum Gasteiger partial charge on any atom is -0.275 e. The molecule has 0 aliphatic heterocycles. The van der Waals surface area contributed by atoms with Crippen LogP contribution >= 0.6 is 15.9 Å². The number of hydrogen-bond acceptors (Lipinski definition) is 3. The van der Waals surface area contributed by atoms with Crippen molar-refractivity contribution in [2.45, 2.75) is 16.9 Å². The molecule has 1 N–H and O–H groups in total. The number of alkyl halides is 7. The second kappa shape index (κ2) is 4.94. The quantitative estimate of drug-likeness (QED) is 0.514. The zero-order valence-corrected chi connectivity index (χ0v) is 11.1. The fourth-order valence-corrected chi connectivity index (χ4v) is 1.79. The summed E-state index contributed by atoms with van der Waals surface area (Å²) in [7, 11) is 2.06. The van der Waals surface area contributed by atoms with Crippen molar-refractivity contribution in [1.82, 2.24) is 15.3 Å². The van der Waals surface area contributed by atoms with Crippen LogP contribution in [0.15, 0.2) is 6.20 Å². The summed E-state index contributed by atoms with van der Waals surface area (Å²) in [4.78, 5) is 4.22. The van der Waals surface area contributed by atoms with Crippen LogP contribution in [-0.2, 0) is 22.6 Å². The van der Waals surface area contributed by atoms with Gasteiger partial charge in [0, 0.05) is 20.3 Å². The Morgan fingerprint density at radius 2 is 1.79 bits per heavy atom. The summed E-state index contributed by atoms with van der Waals surface area (Å²) < 4.78 is 74.1. The molecule has 0 aromatic carbocycles. The molecule has 0 bridgehead atoms. The number of rotatable bonds is 3. The molecule has 1 heterocycles. The maximum atomic E-state index is 12.9. The maximum absolute atomic E-state index is 12.9. The van der Waals surface area contributed by atoms with Gasteiger partial charge in [0.25, 0.3) is 4.51 Å². The molecule has 1 rings (SSSR count). The lowest BCUT2D eigenvalue weighted by atomic mass is 10.1. The third-order valence-electron chi connectivity index (χ3n) is 2.05. The summed E-state index contributed by atoms with van der Waals surface area (Å²) in [6.45, 7) is 0. The number of nitrogens with one attached hydrogen (secondary N) is 1. The van der Waals surface area contributed by atoms with E-state index in [1.54, 1.807) is 5.48 Å². The van der Waals surface area contributed by atoms with Crippen LogP contribution in [0.2, 0.25) is 0 Å². The Hall–Kier alpha value is -0.810. The summed E-state index contributed by atoms with van der Waals surface area (Å²) >= 11 is 2.17. The van der Waals surface area contributed by atoms with Crippen molar-refractivity contribution in [2.75, 3.05) is 7.05 Å². The fraction of sp³-hybridized carbons (Fsp3) is 0.625. The molecule has 1 aromatic rings. The van der Waals surface area contributed by atoms with Crippen LogP contribution in [0.1, 0.15) is 11.3 Å². The summed E-state index contributed by atoms with van der Waals surface area (Å²) in [6.07, 6.45) is -9.60. The van der Waals surface area contributed by atoms with E-state index < -0.39 is 28.1 Å². The van der Waals surface area contributed by atoms with E-state index in [2.05, 4.69) is 25.9 Å². The van der Waals surface area contributed by atoms with Crippen LogP contribution in [0, 0.1) is 0 Å². The molecule has 0 radical (unpaired) electrons. The van der Waals surface area contributed by atoms with Crippen molar-refractivity contribution in [2.24, 2.45) is 7.05 Å². The van der Waals surface area contributed by atoms with Crippen molar-refractivity contribution < 1.29 is 31.2 Å². The Balaban J connectivity index is 3.48. The van der Waals surface area contributed by atoms with Crippen LogP contribution in [0.5, 0.6) is 0 Å². The van der Waals surface area contributed by atoms with E-state index >= 15 is 0 Å². The highest BCUT2D eigenvalue weighted by molar-refractivity contribution is 9.09. The van der Waals surface area contributed by atoms with Crippen molar-refractivity contribution in [1.29, 1.82) is 0 Å². The van der Waals surface area contributed by atoms with Crippen molar-refractivity contribution in [3.63, 3.8) is 0 Å². The molecule has 1 unspecified atom stereocenters. The third-order valence-corrected chi connectivity index (χ3v) is 3.09. The molecule has 19 heavy (non-hydrogen) atoms. The smallest absolute Gasteiger partial charge is 0.275 e. The molecule has 0 saturated carbocycles. The summed E-state index contributed by atoms with van der Waals surface area (Å²) in [5.74, 6) is 0. The van der Waals surface area contributed by atoms with E-state index in [9.17, 15) is 26.3 Å². The Labute approximate surface area is 111 Å². The molecule has 0 fully saturated rings. The van der Waals surface area contributed by atoms with Crippen molar-refractivity contribution >= 4 is 15.9 Å². The molecule has 11 heteroatoms. The monoisotopic (exact) mass is 355 g/mol. The van der Waals surface area contributed by atoms with Gasteiger partial charge >= 0.3 is 12.4 Å². The van der Waals surface area contributed by atoms with Crippen LogP contribution in [0.4, 0.5) is 26.3 Å². The van der Waals surface area contributed by atoms with Crippen LogP contribution in [0.3, 0.4) is 0 Å². The van der Waals surface area contributed by atoms with Gasteiger partial charge in [-0.3, -0.25) is 9.52 Å². The number of hydrogen-bond donors (Lipinski definition) is 1. The van der Waals surface area contributed by atoms with Gasteiger partial charge in [0.05, 0.1) is 5.56 Å². The van der Waals surface area contributed by atoms with Gasteiger partial charge in [-0.05, 0) is 15.9 Å². The van der Waals surface area contributed by atoms with Gasteiger partial charge in [-0.1, -0.05) is 0 Å². The zero-order valence-electron chi connectivity index (χ0n) is 9.53. The standard InChI is InChI=1S/C8H8BrF6N3O/c1-16-19-6(9,8(13,14)15)4-3-18(2)17-5(4)7(10,11)12/h3,16H,1-2H3. The minimum atomic E-state index is -5.14. The van der Waals surface area contributed by atoms with Crippen molar-refractivity contribution in [3.8, 4) is 0 Å². The second-order valence-electron chi connectivity index (χ2n) is 3.46. The topological polar surface area (TPSA) is 39.1 Å². The fourth-order valence-electron chi connectivity index (χ4n) is 1.34. The Kier molecular flexibility index (Phi) is 4.23. The summed E-state index contributed by atoms with van der Waals surface area (Å²) in [5.41, 5.74) is -1.14. The zero-order chi connectivity index (χ0) is 15.1. The largest absolute Gasteiger partial charge is 0.435 e. The van der Waals surface area contributed by atoms with E-state index in [-0.39, 0.29) is 0 Å². The first-order valence-corrected chi connectivity index (χ1v) is 5.44. The molecular formula is C8H8BrF6N3O. The molecule has 0 amide bonds. The predicted molar refractivity (Wildman–Crippen MR) is 55.0 cm³/mol. The first kappa shape index (κ1) is 16.2. The lowest BCUT2D eigenvalue weighted by Gasteiger charge is -2.29. The van der Waals surface area contributed by atoms with Crippen molar-refractivity contribution in [3.05, 3.63) is 17.5 Å². The van der Waals surface area contributed by atoms with Crippen LogP contribution < -0.4 is 5.48 Å². The van der Waals surface area contributed by atoms with Crippen LogP contribution in [0.25, 0.3) is 0 Å². The highest BCUT2D eigenvalue weighted by Gasteiger charge is 2.60. The molecule has 0 saturated heterocycles. The Morgan fingerprint density at radius 3 is 2.16 bits per heavy atom. The molecule has 0 aliphatic rings. The Bertz CT molecular complexity index is 456. The molecule has 4 nitrogen and oxygen atoms in total. The number of aromatic nitrogens is 2. The number of aryl methyl sites for hydroxylation is 1. The number of hydroxylamine groups is 1. The van der Waals surface area contributed by atoms with Gasteiger partial charge in [0.1, 0.15) is 0 Å². The first-order valence-electron chi connectivity index (χ1n) is 4.65. The molecular weight excluding hydrogens is 348 g/mol. The van der Waals surface area contributed by atoms with E-state index in [0.717, 1.165) is 14.1 Å². The molecule has 1 atom stereocenters. The lowest BCUT2D eigenvalue weighted by Crippen LogP contribution is -2.43. The predicted octanol–water partition coefficient (Wildman–Crippen LogP) is 2.70. The molecule has 0 spiro atoms. The molecule has 110 valence electrons. The SMILES string of the molecule is CNOC(Br)(c1cn(C)nc1C(F)(F)F)C(F)(F)F. The third kappa shape index (κ3) is 3.03. The lowest BCUT2D eigenvalue weighted by molar-refractivity contribution is -0.256. The van der Waals surface area contributed by atoms with E-state index in [1.165, 1.54) is 0 Å². The molecule has 0 aliphatic carbocycles. The summed E-state index contributed by atoms with van der Waals surface area (Å²) in [5, 5.41) is 3.00. The normalized spacial score (nSPS) is 16.5. The summed E-state index contributed by atoms with van der Waals surface area (Å²) in [6, 6.07) is 0. The van der Waals surface area contributed by atoms with E-state index in [0.29, 0.717) is 10.9 Å². The van der Waals surface area contributed by atoms with Gasteiger partial charge in [0.2, 0.25) is 0 Å². The highest BCUT2D eigenvalue weighted by atomic mass is 79.9. The molecule has 1 aromatic heterocycles. The van der Waals surface area contributed by atoms with Gasteiger partial charge < -0.3 is 0 Å². The van der Waals surface area contributed by atoms with E-state index in [1.807, 2.05) is 0 Å². The van der Waals surface area contributed by atoms with Gasteiger partial charge in [0.15, 0.2) is 5.69 Å². The Morgan fingerprint density at radius 1 is 1.26 bits per heavy atom. The highest BCUT2D eigenvalue weighted by Crippen LogP contribution is 2.49. The average Bonchev–Trinajstić information content (AvgIpc) is 2.58. The maximum Gasteiger partial charge on any atom is 0.435 e. The number of halogens is 7. The van der Waals surface area contributed by atoms with Crippen LogP contribution in [-0.4, -0.2) is 23.0 Å².